The van der Waals surface area contributed by atoms with E-state index in [0.717, 1.165) is 28.4 Å². The zero-order valence-electron chi connectivity index (χ0n) is 13.9. The highest BCUT2D eigenvalue weighted by Crippen LogP contribution is 2.20. The van der Waals surface area contributed by atoms with E-state index in [2.05, 4.69) is 15.6 Å². The number of nitrogens with one attached hydrogen (secondary N) is 3. The van der Waals surface area contributed by atoms with Crippen molar-refractivity contribution in [2.45, 2.75) is 39.2 Å². The van der Waals surface area contributed by atoms with E-state index >= 15 is 0 Å². The monoisotopic (exact) mass is 379 g/mol. The van der Waals surface area contributed by atoms with Crippen LogP contribution in [0.5, 0.6) is 0 Å². The number of nitrogens with two attached hydrogens (primary N) is 1. The van der Waals surface area contributed by atoms with Gasteiger partial charge in [-0.1, -0.05) is 6.92 Å². The molecule has 134 valence electrons. The van der Waals surface area contributed by atoms with Crippen LogP contribution < -0.4 is 16.4 Å². The zero-order chi connectivity index (χ0) is 18.2. The fourth-order valence-electron chi connectivity index (χ4n) is 2.10. The molecule has 0 saturated carbocycles. The molecular formula is C16H21N5O2S2. The summed E-state index contributed by atoms with van der Waals surface area (Å²) in [5, 5.41) is 15.1. The van der Waals surface area contributed by atoms with Crippen molar-refractivity contribution in [2.75, 3.05) is 0 Å². The molecule has 0 aliphatic heterocycles. The van der Waals surface area contributed by atoms with Crippen molar-refractivity contribution in [1.29, 1.82) is 5.41 Å². The SMILES string of the molecule is CCC(=O)NCc1nc(CCc2ccc(CC(=O)NC(=N)N)s2)cs1. The Morgan fingerprint density at radius 3 is 2.72 bits per heavy atom. The number of thiazole rings is 1. The average Bonchev–Trinajstić information content (AvgIpc) is 3.19. The second kappa shape index (κ2) is 9.28. The van der Waals surface area contributed by atoms with Crippen molar-refractivity contribution in [3.63, 3.8) is 0 Å². The Labute approximate surface area is 154 Å². The number of thiophene rings is 1. The molecule has 2 aromatic rings. The molecule has 25 heavy (non-hydrogen) atoms. The van der Waals surface area contributed by atoms with Gasteiger partial charge in [0.05, 0.1) is 18.7 Å². The maximum Gasteiger partial charge on any atom is 0.231 e. The molecule has 9 heteroatoms. The Balaban J connectivity index is 1.80. The maximum atomic E-state index is 11.6. The van der Waals surface area contributed by atoms with Crippen LogP contribution in [0.2, 0.25) is 0 Å². The third-order valence-corrected chi connectivity index (χ3v) is 5.35. The Morgan fingerprint density at radius 2 is 2.00 bits per heavy atom. The van der Waals surface area contributed by atoms with Gasteiger partial charge in [0.1, 0.15) is 5.01 Å². The van der Waals surface area contributed by atoms with Crippen molar-refractivity contribution in [3.05, 3.63) is 38.0 Å². The first-order valence-corrected chi connectivity index (χ1v) is 9.57. The predicted octanol–water partition coefficient (Wildman–Crippen LogP) is 1.57. The third-order valence-electron chi connectivity index (χ3n) is 3.31. The van der Waals surface area contributed by atoms with Crippen molar-refractivity contribution in [2.24, 2.45) is 5.73 Å². The van der Waals surface area contributed by atoms with Gasteiger partial charge in [0.25, 0.3) is 0 Å². The summed E-state index contributed by atoms with van der Waals surface area (Å²) >= 11 is 3.13. The van der Waals surface area contributed by atoms with Gasteiger partial charge in [-0.25, -0.2) is 4.98 Å². The molecule has 0 bridgehead atoms. The molecule has 2 amide bonds. The lowest BCUT2D eigenvalue weighted by Gasteiger charge is -2.00. The van der Waals surface area contributed by atoms with E-state index in [1.54, 1.807) is 22.7 Å². The fourth-order valence-corrected chi connectivity index (χ4v) is 3.88. The van der Waals surface area contributed by atoms with Crippen LogP contribution in [-0.2, 0) is 35.4 Å². The number of aryl methyl sites for hydroxylation is 2. The van der Waals surface area contributed by atoms with E-state index in [-0.39, 0.29) is 24.2 Å². The molecule has 0 aliphatic rings. The van der Waals surface area contributed by atoms with Crippen LogP contribution in [0.25, 0.3) is 0 Å². The maximum absolute atomic E-state index is 11.6. The lowest BCUT2D eigenvalue weighted by atomic mass is 10.2. The van der Waals surface area contributed by atoms with Crippen molar-refractivity contribution < 1.29 is 9.59 Å². The summed E-state index contributed by atoms with van der Waals surface area (Å²) in [4.78, 5) is 29.5. The predicted molar refractivity (Wildman–Crippen MR) is 99.7 cm³/mol. The van der Waals surface area contributed by atoms with Crippen LogP contribution in [0.4, 0.5) is 0 Å². The molecule has 2 aromatic heterocycles. The van der Waals surface area contributed by atoms with Gasteiger partial charge >= 0.3 is 0 Å². The Kier molecular flexibility index (Phi) is 7.08. The molecule has 5 N–H and O–H groups in total. The number of hydrogen-bond donors (Lipinski definition) is 4. The first-order chi connectivity index (χ1) is 12.0. The minimum atomic E-state index is -0.337. The number of nitrogens with zero attached hydrogens (tertiary/aromatic N) is 1. The highest BCUT2D eigenvalue weighted by Gasteiger charge is 2.09. The van der Waals surface area contributed by atoms with Crippen LogP contribution in [0.15, 0.2) is 17.5 Å². The Hall–Kier alpha value is -2.26. The lowest BCUT2D eigenvalue weighted by Crippen LogP contribution is -2.36. The van der Waals surface area contributed by atoms with Crippen LogP contribution in [0.3, 0.4) is 0 Å². The molecule has 0 saturated heterocycles. The average molecular weight is 380 g/mol. The molecule has 7 nitrogen and oxygen atoms in total. The van der Waals surface area contributed by atoms with Crippen LogP contribution >= 0.6 is 22.7 Å². The zero-order valence-corrected chi connectivity index (χ0v) is 15.6. The normalized spacial score (nSPS) is 10.4. The minimum absolute atomic E-state index is 0.0247. The van der Waals surface area contributed by atoms with Gasteiger partial charge in [-0.05, 0) is 25.0 Å². The summed E-state index contributed by atoms with van der Waals surface area (Å²) in [6, 6.07) is 3.93. The number of carbonyl (C=O) groups is 2. The van der Waals surface area contributed by atoms with Crippen LogP contribution in [-0.4, -0.2) is 22.8 Å². The topological polar surface area (TPSA) is 121 Å². The molecule has 2 rings (SSSR count). The smallest absolute Gasteiger partial charge is 0.231 e. The summed E-state index contributed by atoms with van der Waals surface area (Å²) in [5.41, 5.74) is 6.15. The van der Waals surface area contributed by atoms with E-state index in [4.69, 9.17) is 11.1 Å². The second-order valence-electron chi connectivity index (χ2n) is 5.37. The number of aromatic nitrogens is 1. The second-order valence-corrected chi connectivity index (χ2v) is 7.57. The van der Waals surface area contributed by atoms with Gasteiger partial charge in [-0.3, -0.25) is 20.3 Å². The molecule has 0 atom stereocenters. The summed E-state index contributed by atoms with van der Waals surface area (Å²) < 4.78 is 0. The summed E-state index contributed by atoms with van der Waals surface area (Å²) in [6.07, 6.45) is 2.37. The number of hydrogen-bond acceptors (Lipinski definition) is 6. The Bertz CT molecular complexity index is 753. The van der Waals surface area contributed by atoms with E-state index < -0.39 is 0 Å². The van der Waals surface area contributed by atoms with Gasteiger partial charge < -0.3 is 11.1 Å². The molecule has 0 radical (unpaired) electrons. The molecule has 0 spiro atoms. The van der Waals surface area contributed by atoms with Crippen molar-refractivity contribution in [3.8, 4) is 0 Å². The van der Waals surface area contributed by atoms with Gasteiger partial charge in [0.15, 0.2) is 5.96 Å². The molecular weight excluding hydrogens is 358 g/mol. The standard InChI is InChI=1S/C16H21N5O2S2/c1-2-13(22)19-8-15-20-10(9-24-15)3-4-11-5-6-12(25-11)7-14(23)21-16(17)18/h5-6,9H,2-4,7-8H2,1H3,(H,19,22)(H4,17,18,21,23). The van der Waals surface area contributed by atoms with Crippen LogP contribution in [0.1, 0.15) is 33.8 Å². The van der Waals surface area contributed by atoms with E-state index in [0.29, 0.717) is 13.0 Å². The van der Waals surface area contributed by atoms with E-state index in [9.17, 15) is 9.59 Å². The minimum Gasteiger partial charge on any atom is -0.370 e. The number of rotatable bonds is 8. The lowest BCUT2D eigenvalue weighted by molar-refractivity contribution is -0.121. The first-order valence-electron chi connectivity index (χ1n) is 7.87. The first kappa shape index (κ1) is 19.1. The molecule has 0 aromatic carbocycles. The van der Waals surface area contributed by atoms with Crippen molar-refractivity contribution >= 4 is 40.4 Å². The molecule has 2 heterocycles. The molecule has 0 unspecified atom stereocenters. The van der Waals surface area contributed by atoms with E-state index in [1.165, 1.54) is 4.88 Å². The Morgan fingerprint density at radius 1 is 1.24 bits per heavy atom. The fraction of sp³-hybridized carbons (Fsp3) is 0.375. The summed E-state index contributed by atoms with van der Waals surface area (Å²) in [7, 11) is 0. The highest BCUT2D eigenvalue weighted by atomic mass is 32.1. The van der Waals surface area contributed by atoms with E-state index in [1.807, 2.05) is 24.4 Å². The number of amides is 2. The molecule has 0 aliphatic carbocycles. The largest absolute Gasteiger partial charge is 0.370 e. The summed E-state index contributed by atoms with van der Waals surface area (Å²) in [5.74, 6) is -0.591. The van der Waals surface area contributed by atoms with Crippen molar-refractivity contribution in [1.82, 2.24) is 15.6 Å². The van der Waals surface area contributed by atoms with Gasteiger partial charge in [-0.15, -0.1) is 22.7 Å². The van der Waals surface area contributed by atoms with Gasteiger partial charge in [0, 0.05) is 21.6 Å². The number of carbonyl (C=O) groups excluding carboxylic acids is 2. The molecule has 0 fully saturated rings. The van der Waals surface area contributed by atoms with Gasteiger partial charge in [0.2, 0.25) is 11.8 Å². The van der Waals surface area contributed by atoms with Gasteiger partial charge in [-0.2, -0.15) is 0 Å². The highest BCUT2D eigenvalue weighted by molar-refractivity contribution is 7.12. The third kappa shape index (κ3) is 6.63. The summed E-state index contributed by atoms with van der Waals surface area (Å²) in [6.45, 7) is 2.30. The quantitative estimate of drug-likeness (QED) is 0.411. The number of guanidine groups is 1. The van der Waals surface area contributed by atoms with Crippen LogP contribution in [0, 0.1) is 5.41 Å².